The first-order chi connectivity index (χ1) is 9.20. The predicted molar refractivity (Wildman–Crippen MR) is 75.3 cm³/mol. The van der Waals surface area contributed by atoms with Crippen molar-refractivity contribution in [3.05, 3.63) is 51.6 Å². The normalized spacial score (nSPS) is 13.2. The second kappa shape index (κ2) is 4.61. The molecule has 2 heterocycles. The Kier molecular flexibility index (Phi) is 2.94. The molecule has 0 bridgehead atoms. The standard InChI is InChI=1S/C13H8Cl2N4/c14-9-1-2-11(15)10(5-9)12-3-4-17-13-8(6-16)7-18-19(12)13/h1-3,5,7,17H,4H2. The molecular formula is C13H8Cl2N4. The molecule has 94 valence electrons. The van der Waals surface area contributed by atoms with Gasteiger partial charge in [0, 0.05) is 17.1 Å². The van der Waals surface area contributed by atoms with Crippen LogP contribution in [0.15, 0.2) is 30.5 Å². The van der Waals surface area contributed by atoms with Gasteiger partial charge >= 0.3 is 0 Å². The smallest absolute Gasteiger partial charge is 0.148 e. The van der Waals surface area contributed by atoms with Gasteiger partial charge in [-0.15, -0.1) is 0 Å². The number of anilines is 1. The molecule has 0 aliphatic carbocycles. The van der Waals surface area contributed by atoms with Gasteiger partial charge in [0.1, 0.15) is 17.5 Å². The first-order valence-electron chi connectivity index (χ1n) is 5.58. The average molecular weight is 291 g/mol. The lowest BCUT2D eigenvalue weighted by Gasteiger charge is -2.19. The summed E-state index contributed by atoms with van der Waals surface area (Å²) >= 11 is 12.2. The highest BCUT2D eigenvalue weighted by molar-refractivity contribution is 6.34. The third-order valence-corrected chi connectivity index (χ3v) is 3.45. The van der Waals surface area contributed by atoms with Gasteiger partial charge in [-0.3, -0.25) is 0 Å². The van der Waals surface area contributed by atoms with Crippen LogP contribution in [0, 0.1) is 11.3 Å². The zero-order chi connectivity index (χ0) is 13.4. The number of aromatic nitrogens is 2. The summed E-state index contributed by atoms with van der Waals surface area (Å²) in [4.78, 5) is 0. The predicted octanol–water partition coefficient (Wildman–Crippen LogP) is 3.38. The van der Waals surface area contributed by atoms with E-state index in [1.807, 2.05) is 6.08 Å². The maximum Gasteiger partial charge on any atom is 0.148 e. The first-order valence-corrected chi connectivity index (χ1v) is 6.34. The fraction of sp³-hybridized carbons (Fsp3) is 0.0769. The number of nitriles is 1. The Hall–Kier alpha value is -1.96. The van der Waals surface area contributed by atoms with Crippen molar-refractivity contribution in [3.63, 3.8) is 0 Å². The fourth-order valence-corrected chi connectivity index (χ4v) is 2.42. The minimum Gasteiger partial charge on any atom is -0.365 e. The Morgan fingerprint density at radius 1 is 1.37 bits per heavy atom. The minimum atomic E-state index is 0.503. The van der Waals surface area contributed by atoms with E-state index in [0.717, 1.165) is 11.3 Å². The summed E-state index contributed by atoms with van der Waals surface area (Å²) in [5, 5.41) is 17.6. The van der Waals surface area contributed by atoms with Gasteiger partial charge in [0.25, 0.3) is 0 Å². The summed E-state index contributed by atoms with van der Waals surface area (Å²) in [6.07, 6.45) is 3.48. The van der Waals surface area contributed by atoms with Gasteiger partial charge in [0.2, 0.25) is 0 Å². The van der Waals surface area contributed by atoms with Crippen LogP contribution in [0.25, 0.3) is 5.70 Å². The molecule has 1 aliphatic rings. The summed E-state index contributed by atoms with van der Waals surface area (Å²) in [6, 6.07) is 7.37. The number of hydrogen-bond donors (Lipinski definition) is 1. The van der Waals surface area contributed by atoms with Crippen LogP contribution in [0.3, 0.4) is 0 Å². The number of benzene rings is 1. The van der Waals surface area contributed by atoms with Crippen LogP contribution in [-0.4, -0.2) is 16.3 Å². The van der Waals surface area contributed by atoms with Gasteiger partial charge in [-0.2, -0.15) is 10.4 Å². The van der Waals surface area contributed by atoms with E-state index in [1.165, 1.54) is 6.20 Å². The summed E-state index contributed by atoms with van der Waals surface area (Å²) in [5.74, 6) is 0.677. The molecule has 19 heavy (non-hydrogen) atoms. The third kappa shape index (κ3) is 1.97. The molecule has 0 fully saturated rings. The van der Waals surface area contributed by atoms with E-state index >= 15 is 0 Å². The second-order valence-electron chi connectivity index (χ2n) is 4.02. The summed E-state index contributed by atoms with van der Waals surface area (Å²) in [7, 11) is 0. The maximum atomic E-state index is 9.03. The van der Waals surface area contributed by atoms with E-state index in [4.69, 9.17) is 28.5 Å². The van der Waals surface area contributed by atoms with Crippen molar-refractivity contribution in [2.24, 2.45) is 0 Å². The van der Waals surface area contributed by atoms with E-state index < -0.39 is 0 Å². The molecule has 6 heteroatoms. The average Bonchev–Trinajstić information content (AvgIpc) is 2.84. The van der Waals surface area contributed by atoms with Gasteiger partial charge in [-0.05, 0) is 24.3 Å². The zero-order valence-corrected chi connectivity index (χ0v) is 11.2. The van der Waals surface area contributed by atoms with E-state index in [0.29, 0.717) is 28.0 Å². The largest absolute Gasteiger partial charge is 0.365 e. The number of rotatable bonds is 1. The molecule has 1 aliphatic heterocycles. The molecule has 0 spiro atoms. The molecule has 0 saturated carbocycles. The van der Waals surface area contributed by atoms with Crippen LogP contribution in [-0.2, 0) is 0 Å². The molecule has 0 amide bonds. The molecule has 1 aromatic heterocycles. The second-order valence-corrected chi connectivity index (χ2v) is 4.87. The first kappa shape index (κ1) is 12.1. The van der Waals surface area contributed by atoms with Crippen molar-refractivity contribution < 1.29 is 0 Å². The number of hydrogen-bond acceptors (Lipinski definition) is 3. The lowest BCUT2D eigenvalue weighted by molar-refractivity contribution is 0.886. The van der Waals surface area contributed by atoms with Crippen molar-refractivity contribution >= 4 is 34.7 Å². The van der Waals surface area contributed by atoms with Gasteiger partial charge in [0.15, 0.2) is 0 Å². The van der Waals surface area contributed by atoms with Crippen LogP contribution in [0.1, 0.15) is 11.1 Å². The topological polar surface area (TPSA) is 53.6 Å². The molecule has 0 atom stereocenters. The summed E-state index contributed by atoms with van der Waals surface area (Å²) in [5.41, 5.74) is 2.12. The van der Waals surface area contributed by atoms with Crippen molar-refractivity contribution in [3.8, 4) is 6.07 Å². The highest BCUT2D eigenvalue weighted by atomic mass is 35.5. The fourth-order valence-electron chi connectivity index (χ4n) is 2.03. The van der Waals surface area contributed by atoms with Gasteiger partial charge in [-0.1, -0.05) is 23.2 Å². The van der Waals surface area contributed by atoms with E-state index in [9.17, 15) is 0 Å². The molecule has 0 saturated heterocycles. The molecule has 0 unspecified atom stereocenters. The molecule has 1 N–H and O–H groups in total. The Bertz CT molecular complexity index is 725. The zero-order valence-electron chi connectivity index (χ0n) is 9.69. The van der Waals surface area contributed by atoms with Gasteiger partial charge in [0.05, 0.1) is 16.9 Å². The third-order valence-electron chi connectivity index (χ3n) is 2.89. The van der Waals surface area contributed by atoms with Crippen molar-refractivity contribution in [2.45, 2.75) is 0 Å². The Labute approximate surface area is 119 Å². The van der Waals surface area contributed by atoms with Crippen molar-refractivity contribution in [1.82, 2.24) is 9.78 Å². The van der Waals surface area contributed by atoms with Crippen LogP contribution in [0.2, 0.25) is 10.0 Å². The molecule has 2 aromatic rings. The highest BCUT2D eigenvalue weighted by Gasteiger charge is 2.19. The number of fused-ring (bicyclic) bond motifs is 1. The number of nitrogens with zero attached hydrogens (tertiary/aromatic N) is 3. The van der Waals surface area contributed by atoms with Crippen LogP contribution in [0.4, 0.5) is 5.82 Å². The summed E-state index contributed by atoms with van der Waals surface area (Å²) in [6.45, 7) is 0.610. The SMILES string of the molecule is N#Cc1cnn2c1NCC=C2c1cc(Cl)ccc1Cl. The number of nitrogens with one attached hydrogen (secondary N) is 1. The van der Waals surface area contributed by atoms with Crippen LogP contribution >= 0.6 is 23.2 Å². The quantitative estimate of drug-likeness (QED) is 0.876. The van der Waals surface area contributed by atoms with E-state index in [2.05, 4.69) is 16.5 Å². The number of halogens is 2. The van der Waals surface area contributed by atoms with Gasteiger partial charge < -0.3 is 5.32 Å². The molecule has 0 radical (unpaired) electrons. The summed E-state index contributed by atoms with van der Waals surface area (Å²) < 4.78 is 1.67. The lowest BCUT2D eigenvalue weighted by atomic mass is 10.1. The molecule has 3 rings (SSSR count). The monoisotopic (exact) mass is 290 g/mol. The Morgan fingerprint density at radius 3 is 3.00 bits per heavy atom. The van der Waals surface area contributed by atoms with Crippen molar-refractivity contribution in [1.29, 1.82) is 5.26 Å². The Balaban J connectivity index is 2.18. The van der Waals surface area contributed by atoms with Crippen LogP contribution < -0.4 is 5.32 Å². The highest BCUT2D eigenvalue weighted by Crippen LogP contribution is 2.32. The van der Waals surface area contributed by atoms with Crippen LogP contribution in [0.5, 0.6) is 0 Å². The molecule has 1 aromatic carbocycles. The Morgan fingerprint density at radius 2 is 2.21 bits per heavy atom. The van der Waals surface area contributed by atoms with E-state index in [1.54, 1.807) is 22.9 Å². The minimum absolute atomic E-state index is 0.503. The lowest BCUT2D eigenvalue weighted by Crippen LogP contribution is -2.15. The molecule has 4 nitrogen and oxygen atoms in total. The van der Waals surface area contributed by atoms with Gasteiger partial charge in [-0.25, -0.2) is 4.68 Å². The van der Waals surface area contributed by atoms with Crippen molar-refractivity contribution in [2.75, 3.05) is 11.9 Å². The van der Waals surface area contributed by atoms with E-state index in [-0.39, 0.29) is 0 Å². The molecular weight excluding hydrogens is 283 g/mol. The maximum absolute atomic E-state index is 9.03.